The van der Waals surface area contributed by atoms with Crippen molar-refractivity contribution < 1.29 is 9.90 Å². The minimum absolute atomic E-state index is 0.158. The number of anilines is 1. The van der Waals surface area contributed by atoms with Crippen molar-refractivity contribution in [2.24, 2.45) is 0 Å². The maximum atomic E-state index is 12.1. The topological polar surface area (TPSA) is 87.1 Å². The van der Waals surface area contributed by atoms with Gasteiger partial charge >= 0.3 is 0 Å². The second-order valence-electron chi connectivity index (χ2n) is 5.04. The average molecular weight is 300 g/mol. The Kier molecular flexibility index (Phi) is 5.43. The number of carbonyl (C=O) groups excluding carboxylic acids is 1. The van der Waals surface area contributed by atoms with Gasteiger partial charge in [0.05, 0.1) is 12.6 Å². The summed E-state index contributed by atoms with van der Waals surface area (Å²) in [6, 6.07) is 10.3. The highest BCUT2D eigenvalue weighted by atomic mass is 16.3. The Labute approximate surface area is 129 Å². The van der Waals surface area contributed by atoms with E-state index in [1.807, 2.05) is 26.0 Å². The van der Waals surface area contributed by atoms with Crippen molar-refractivity contribution in [1.29, 1.82) is 0 Å². The fourth-order valence-electron chi connectivity index (χ4n) is 2.05. The van der Waals surface area contributed by atoms with Crippen LogP contribution >= 0.6 is 0 Å². The van der Waals surface area contributed by atoms with E-state index in [2.05, 4.69) is 20.6 Å². The van der Waals surface area contributed by atoms with Gasteiger partial charge in [-0.3, -0.25) is 4.79 Å². The Morgan fingerprint density at radius 2 is 1.95 bits per heavy atom. The first-order valence-electron chi connectivity index (χ1n) is 7.11. The number of aliphatic hydroxyl groups is 1. The first kappa shape index (κ1) is 15.9. The molecule has 3 N–H and O–H groups in total. The minimum atomic E-state index is -0.400. The number of hydrogen-bond donors (Lipinski definition) is 3. The predicted molar refractivity (Wildman–Crippen MR) is 84.8 cm³/mol. The zero-order valence-corrected chi connectivity index (χ0v) is 12.7. The first-order chi connectivity index (χ1) is 10.6. The maximum Gasteiger partial charge on any atom is 0.251 e. The molecule has 1 atom stereocenters. The molecule has 22 heavy (non-hydrogen) atoms. The van der Waals surface area contributed by atoms with Crippen molar-refractivity contribution in [1.82, 2.24) is 15.3 Å². The lowest BCUT2D eigenvalue weighted by atomic mass is 10.2. The summed E-state index contributed by atoms with van der Waals surface area (Å²) < 4.78 is 0. The van der Waals surface area contributed by atoms with Gasteiger partial charge in [-0.25, -0.2) is 9.97 Å². The fourth-order valence-corrected chi connectivity index (χ4v) is 2.05. The van der Waals surface area contributed by atoms with Crippen molar-refractivity contribution in [3.8, 4) is 0 Å². The van der Waals surface area contributed by atoms with Gasteiger partial charge in [0.15, 0.2) is 0 Å². The van der Waals surface area contributed by atoms with Crippen LogP contribution in [-0.4, -0.2) is 40.2 Å². The summed E-state index contributed by atoms with van der Waals surface area (Å²) in [6.45, 7) is 3.93. The van der Waals surface area contributed by atoms with Crippen LogP contribution in [0.4, 0.5) is 5.82 Å². The van der Waals surface area contributed by atoms with Gasteiger partial charge in [-0.05, 0) is 26.0 Å². The molecule has 1 unspecified atom stereocenters. The third kappa shape index (κ3) is 4.53. The van der Waals surface area contributed by atoms with Gasteiger partial charge in [-0.2, -0.15) is 0 Å². The first-order valence-corrected chi connectivity index (χ1v) is 7.11. The summed E-state index contributed by atoms with van der Waals surface area (Å²) in [4.78, 5) is 20.5. The van der Waals surface area contributed by atoms with Gasteiger partial charge in [0, 0.05) is 23.9 Å². The highest BCUT2D eigenvalue weighted by molar-refractivity contribution is 5.94. The van der Waals surface area contributed by atoms with Crippen LogP contribution in [0, 0.1) is 13.8 Å². The zero-order valence-electron chi connectivity index (χ0n) is 12.7. The Bertz CT molecular complexity index is 611. The second-order valence-corrected chi connectivity index (χ2v) is 5.04. The third-order valence-corrected chi connectivity index (χ3v) is 3.09. The van der Waals surface area contributed by atoms with Crippen LogP contribution < -0.4 is 10.6 Å². The summed E-state index contributed by atoms with van der Waals surface area (Å²) in [6.07, 6.45) is 0. The molecule has 2 aromatic rings. The van der Waals surface area contributed by atoms with Gasteiger partial charge in [0.1, 0.15) is 11.6 Å². The van der Waals surface area contributed by atoms with E-state index in [1.165, 1.54) is 0 Å². The molecule has 0 aliphatic rings. The molecule has 6 nitrogen and oxygen atoms in total. The van der Waals surface area contributed by atoms with E-state index < -0.39 is 6.04 Å². The van der Waals surface area contributed by atoms with Crippen molar-refractivity contribution in [3.05, 3.63) is 53.5 Å². The van der Waals surface area contributed by atoms with Crippen LogP contribution in [0.1, 0.15) is 21.9 Å². The molecule has 0 saturated carbocycles. The maximum absolute atomic E-state index is 12.1. The zero-order chi connectivity index (χ0) is 15.9. The molecule has 0 spiro atoms. The number of amides is 1. The van der Waals surface area contributed by atoms with Gasteiger partial charge in [-0.1, -0.05) is 18.2 Å². The van der Waals surface area contributed by atoms with Crippen LogP contribution in [0.2, 0.25) is 0 Å². The number of nitrogens with zero attached hydrogens (tertiary/aromatic N) is 2. The van der Waals surface area contributed by atoms with E-state index in [4.69, 9.17) is 0 Å². The molecule has 0 radical (unpaired) electrons. The van der Waals surface area contributed by atoms with Crippen LogP contribution in [0.3, 0.4) is 0 Å². The summed E-state index contributed by atoms with van der Waals surface area (Å²) in [5.74, 6) is 1.14. The van der Waals surface area contributed by atoms with Crippen molar-refractivity contribution in [2.45, 2.75) is 19.9 Å². The standard InChI is InChI=1S/C16H20N4O2/c1-11-8-15(19-12(2)18-11)17-9-14(10-21)20-16(22)13-6-4-3-5-7-13/h3-8,14,21H,9-10H2,1-2H3,(H,20,22)(H,17,18,19). The Morgan fingerprint density at radius 3 is 2.59 bits per heavy atom. The molecule has 0 aliphatic carbocycles. The Hall–Kier alpha value is -2.47. The van der Waals surface area contributed by atoms with Gasteiger partial charge < -0.3 is 15.7 Å². The fraction of sp³-hybridized carbons (Fsp3) is 0.312. The molecule has 1 aromatic carbocycles. The average Bonchev–Trinajstić information content (AvgIpc) is 2.51. The number of hydrogen-bond acceptors (Lipinski definition) is 5. The molecular weight excluding hydrogens is 280 g/mol. The predicted octanol–water partition coefficient (Wildman–Crippen LogP) is 1.30. The lowest BCUT2D eigenvalue weighted by Gasteiger charge is -2.17. The van der Waals surface area contributed by atoms with E-state index in [9.17, 15) is 9.90 Å². The molecule has 1 aromatic heterocycles. The molecule has 1 heterocycles. The van der Waals surface area contributed by atoms with Crippen LogP contribution in [0.15, 0.2) is 36.4 Å². The SMILES string of the molecule is Cc1cc(NCC(CO)NC(=O)c2ccccc2)nc(C)n1. The third-order valence-electron chi connectivity index (χ3n) is 3.09. The molecule has 0 bridgehead atoms. The molecule has 0 fully saturated rings. The largest absolute Gasteiger partial charge is 0.394 e. The molecule has 0 aliphatic heterocycles. The molecule has 0 saturated heterocycles. The second kappa shape index (κ2) is 7.51. The number of nitrogens with one attached hydrogen (secondary N) is 2. The number of rotatable bonds is 6. The highest BCUT2D eigenvalue weighted by Gasteiger charge is 2.13. The summed E-state index contributed by atoms with van der Waals surface area (Å²) >= 11 is 0. The van der Waals surface area contributed by atoms with Crippen LogP contribution in [-0.2, 0) is 0 Å². The van der Waals surface area contributed by atoms with Gasteiger partial charge in [0.25, 0.3) is 5.91 Å². The minimum Gasteiger partial charge on any atom is -0.394 e. The normalized spacial score (nSPS) is 11.8. The number of carbonyl (C=O) groups is 1. The lowest BCUT2D eigenvalue weighted by molar-refractivity contribution is 0.0920. The number of aliphatic hydroxyl groups excluding tert-OH is 1. The Balaban J connectivity index is 1.93. The molecule has 116 valence electrons. The molecule has 1 amide bonds. The van der Waals surface area contributed by atoms with E-state index in [-0.39, 0.29) is 12.5 Å². The van der Waals surface area contributed by atoms with E-state index in [0.717, 1.165) is 5.69 Å². The van der Waals surface area contributed by atoms with Crippen molar-refractivity contribution in [3.63, 3.8) is 0 Å². The van der Waals surface area contributed by atoms with Crippen molar-refractivity contribution in [2.75, 3.05) is 18.5 Å². The summed E-state index contributed by atoms with van der Waals surface area (Å²) in [5.41, 5.74) is 1.43. The quantitative estimate of drug-likeness (QED) is 0.748. The van der Waals surface area contributed by atoms with E-state index >= 15 is 0 Å². The lowest BCUT2D eigenvalue weighted by Crippen LogP contribution is -2.42. The molecular formula is C16H20N4O2. The Morgan fingerprint density at radius 1 is 1.23 bits per heavy atom. The van der Waals surface area contributed by atoms with Crippen LogP contribution in [0.5, 0.6) is 0 Å². The number of benzene rings is 1. The molecule has 2 rings (SSSR count). The molecule has 6 heteroatoms. The summed E-state index contributed by atoms with van der Waals surface area (Å²) in [7, 11) is 0. The smallest absolute Gasteiger partial charge is 0.251 e. The van der Waals surface area contributed by atoms with E-state index in [1.54, 1.807) is 24.3 Å². The van der Waals surface area contributed by atoms with Gasteiger partial charge in [-0.15, -0.1) is 0 Å². The van der Waals surface area contributed by atoms with E-state index in [0.29, 0.717) is 23.8 Å². The van der Waals surface area contributed by atoms with Crippen LogP contribution in [0.25, 0.3) is 0 Å². The van der Waals surface area contributed by atoms with Gasteiger partial charge in [0.2, 0.25) is 0 Å². The number of aryl methyl sites for hydroxylation is 2. The van der Waals surface area contributed by atoms with Crippen molar-refractivity contribution >= 4 is 11.7 Å². The highest BCUT2D eigenvalue weighted by Crippen LogP contribution is 2.06. The number of aromatic nitrogens is 2. The summed E-state index contributed by atoms with van der Waals surface area (Å²) in [5, 5.41) is 15.3. The monoisotopic (exact) mass is 300 g/mol.